The second-order valence-corrected chi connectivity index (χ2v) is 6.67. The van der Waals surface area contributed by atoms with Gasteiger partial charge in [0.2, 0.25) is 5.91 Å². The molecule has 4 rings (SSSR count). The number of hydrogen-bond acceptors (Lipinski definition) is 3. The molecule has 1 aliphatic rings. The molecule has 0 bridgehead atoms. The van der Waals surface area contributed by atoms with Gasteiger partial charge in [0.05, 0.1) is 23.5 Å². The number of nitrogens with one attached hydrogen (secondary N) is 1. The largest absolute Gasteiger partial charge is 0.378 e. The number of imidazole rings is 1. The first-order chi connectivity index (χ1) is 12.8. The van der Waals surface area contributed by atoms with Gasteiger partial charge in [-0.2, -0.15) is 0 Å². The fourth-order valence-corrected chi connectivity index (χ4v) is 3.58. The third-order valence-electron chi connectivity index (χ3n) is 4.91. The molecule has 1 saturated heterocycles. The Morgan fingerprint density at radius 1 is 1.19 bits per heavy atom. The SMILES string of the molecule is O=C(NCCC1CCCO1)C(c1ccccc1)n1cnc2ccccc21. The quantitative estimate of drug-likeness (QED) is 0.743. The van der Waals surface area contributed by atoms with Crippen LogP contribution in [0.1, 0.15) is 30.9 Å². The first-order valence-corrected chi connectivity index (χ1v) is 9.19. The van der Waals surface area contributed by atoms with Crippen LogP contribution in [0.25, 0.3) is 11.0 Å². The Balaban J connectivity index is 1.58. The monoisotopic (exact) mass is 349 g/mol. The van der Waals surface area contributed by atoms with E-state index < -0.39 is 6.04 Å². The van der Waals surface area contributed by atoms with Crippen LogP contribution in [0.4, 0.5) is 0 Å². The first-order valence-electron chi connectivity index (χ1n) is 9.19. The van der Waals surface area contributed by atoms with Crippen molar-refractivity contribution in [3.05, 3.63) is 66.5 Å². The average Bonchev–Trinajstić information content (AvgIpc) is 3.33. The van der Waals surface area contributed by atoms with Gasteiger partial charge in [0.25, 0.3) is 0 Å². The maximum absolute atomic E-state index is 13.1. The maximum atomic E-state index is 13.1. The lowest BCUT2D eigenvalue weighted by molar-refractivity contribution is -0.123. The molecule has 134 valence electrons. The lowest BCUT2D eigenvalue weighted by Gasteiger charge is -2.20. The van der Waals surface area contributed by atoms with Crippen molar-refractivity contribution in [1.29, 1.82) is 0 Å². The highest BCUT2D eigenvalue weighted by molar-refractivity contribution is 5.86. The number of ether oxygens (including phenoxy) is 1. The van der Waals surface area contributed by atoms with Gasteiger partial charge in [-0.25, -0.2) is 4.98 Å². The average molecular weight is 349 g/mol. The number of fused-ring (bicyclic) bond motifs is 1. The van der Waals surface area contributed by atoms with E-state index in [-0.39, 0.29) is 12.0 Å². The highest BCUT2D eigenvalue weighted by atomic mass is 16.5. The third-order valence-corrected chi connectivity index (χ3v) is 4.91. The number of amides is 1. The molecule has 2 unspecified atom stereocenters. The Morgan fingerprint density at radius 2 is 2.00 bits per heavy atom. The van der Waals surface area contributed by atoms with E-state index in [0.717, 1.165) is 42.5 Å². The topological polar surface area (TPSA) is 56.1 Å². The highest BCUT2D eigenvalue weighted by Crippen LogP contribution is 2.24. The van der Waals surface area contributed by atoms with E-state index in [9.17, 15) is 4.79 Å². The molecule has 0 saturated carbocycles. The predicted octanol–water partition coefficient (Wildman–Crippen LogP) is 3.31. The van der Waals surface area contributed by atoms with Crippen LogP contribution in [0.15, 0.2) is 60.9 Å². The summed E-state index contributed by atoms with van der Waals surface area (Å²) in [6.07, 6.45) is 5.09. The summed E-state index contributed by atoms with van der Waals surface area (Å²) < 4.78 is 7.59. The number of nitrogens with zero attached hydrogens (tertiary/aromatic N) is 2. The van der Waals surface area contributed by atoms with E-state index in [2.05, 4.69) is 10.3 Å². The zero-order valence-corrected chi connectivity index (χ0v) is 14.7. The van der Waals surface area contributed by atoms with Gasteiger partial charge < -0.3 is 14.6 Å². The number of para-hydroxylation sites is 2. The van der Waals surface area contributed by atoms with Crippen molar-refractivity contribution in [3.63, 3.8) is 0 Å². The predicted molar refractivity (Wildman–Crippen MR) is 101 cm³/mol. The van der Waals surface area contributed by atoms with Gasteiger partial charge in [-0.15, -0.1) is 0 Å². The van der Waals surface area contributed by atoms with Crippen molar-refractivity contribution in [3.8, 4) is 0 Å². The van der Waals surface area contributed by atoms with Gasteiger partial charge in [0.15, 0.2) is 0 Å². The lowest BCUT2D eigenvalue weighted by Crippen LogP contribution is -2.34. The molecule has 5 nitrogen and oxygen atoms in total. The summed E-state index contributed by atoms with van der Waals surface area (Å²) in [6, 6.07) is 17.3. The minimum Gasteiger partial charge on any atom is -0.378 e. The molecule has 0 radical (unpaired) electrons. The fraction of sp³-hybridized carbons (Fsp3) is 0.333. The maximum Gasteiger partial charge on any atom is 0.247 e. The molecule has 0 aliphatic carbocycles. The van der Waals surface area contributed by atoms with Crippen LogP contribution < -0.4 is 5.32 Å². The molecule has 1 aliphatic heterocycles. The van der Waals surface area contributed by atoms with Crippen molar-refractivity contribution in [2.24, 2.45) is 0 Å². The zero-order valence-electron chi connectivity index (χ0n) is 14.7. The molecule has 1 amide bonds. The molecule has 2 atom stereocenters. The van der Waals surface area contributed by atoms with Crippen molar-refractivity contribution in [2.45, 2.75) is 31.4 Å². The molecule has 1 aromatic heterocycles. The van der Waals surface area contributed by atoms with E-state index in [1.165, 1.54) is 0 Å². The summed E-state index contributed by atoms with van der Waals surface area (Å²) in [7, 11) is 0. The van der Waals surface area contributed by atoms with Gasteiger partial charge in [0.1, 0.15) is 6.04 Å². The summed E-state index contributed by atoms with van der Waals surface area (Å²) in [6.45, 7) is 1.46. The number of hydrogen-bond donors (Lipinski definition) is 1. The summed E-state index contributed by atoms with van der Waals surface area (Å²) in [5.41, 5.74) is 2.79. The standard InChI is InChI=1S/C21H23N3O2/c25-21(22-13-12-17-9-6-14-26-17)20(16-7-2-1-3-8-16)24-15-23-18-10-4-5-11-19(18)24/h1-5,7-8,10-11,15,17,20H,6,9,12-14H2,(H,22,25). The van der Waals surface area contributed by atoms with Gasteiger partial charge in [-0.1, -0.05) is 42.5 Å². The molecule has 1 N–H and O–H groups in total. The highest BCUT2D eigenvalue weighted by Gasteiger charge is 2.24. The minimum atomic E-state index is -0.437. The summed E-state index contributed by atoms with van der Waals surface area (Å²) in [5.74, 6) is -0.0163. The second-order valence-electron chi connectivity index (χ2n) is 6.67. The smallest absolute Gasteiger partial charge is 0.247 e. The third kappa shape index (κ3) is 3.48. The first kappa shape index (κ1) is 16.8. The zero-order chi connectivity index (χ0) is 17.8. The van der Waals surface area contributed by atoms with Crippen LogP contribution in [0.2, 0.25) is 0 Å². The van der Waals surface area contributed by atoms with Crippen molar-refractivity contribution < 1.29 is 9.53 Å². The lowest BCUT2D eigenvalue weighted by atomic mass is 10.1. The summed E-state index contributed by atoms with van der Waals surface area (Å²) in [4.78, 5) is 17.5. The van der Waals surface area contributed by atoms with Crippen LogP contribution in [0.3, 0.4) is 0 Å². The van der Waals surface area contributed by atoms with Gasteiger partial charge in [-0.3, -0.25) is 4.79 Å². The number of carbonyl (C=O) groups excluding carboxylic acids is 1. The summed E-state index contributed by atoms with van der Waals surface area (Å²) in [5, 5.41) is 3.09. The van der Waals surface area contributed by atoms with Gasteiger partial charge in [0, 0.05) is 13.2 Å². The molecule has 1 fully saturated rings. The number of benzene rings is 2. The fourth-order valence-electron chi connectivity index (χ4n) is 3.58. The molecule has 3 aromatic rings. The van der Waals surface area contributed by atoms with E-state index in [1.54, 1.807) is 6.33 Å². The molecular weight excluding hydrogens is 326 g/mol. The van der Waals surface area contributed by atoms with E-state index >= 15 is 0 Å². The van der Waals surface area contributed by atoms with Gasteiger partial charge >= 0.3 is 0 Å². The minimum absolute atomic E-state index is 0.0163. The van der Waals surface area contributed by atoms with Crippen LogP contribution in [-0.2, 0) is 9.53 Å². The Labute approximate surface area is 153 Å². The molecule has 5 heteroatoms. The second kappa shape index (κ2) is 7.70. The van der Waals surface area contributed by atoms with Crippen molar-refractivity contribution in [1.82, 2.24) is 14.9 Å². The number of rotatable bonds is 6. The van der Waals surface area contributed by atoms with E-state index in [0.29, 0.717) is 6.54 Å². The molecular formula is C21H23N3O2. The Bertz CT molecular complexity index is 869. The normalized spacial score (nSPS) is 18.1. The van der Waals surface area contributed by atoms with Crippen LogP contribution >= 0.6 is 0 Å². The van der Waals surface area contributed by atoms with E-state index in [1.807, 2.05) is 59.2 Å². The van der Waals surface area contributed by atoms with Gasteiger partial charge in [-0.05, 0) is 37.0 Å². The number of carbonyl (C=O) groups is 1. The van der Waals surface area contributed by atoms with E-state index in [4.69, 9.17) is 4.74 Å². The molecule has 0 spiro atoms. The number of aromatic nitrogens is 2. The van der Waals surface area contributed by atoms with Crippen molar-refractivity contribution in [2.75, 3.05) is 13.2 Å². The van der Waals surface area contributed by atoms with Crippen LogP contribution in [-0.4, -0.2) is 34.7 Å². The van der Waals surface area contributed by atoms with Crippen LogP contribution in [0.5, 0.6) is 0 Å². The summed E-state index contributed by atoms with van der Waals surface area (Å²) >= 11 is 0. The molecule has 2 heterocycles. The Morgan fingerprint density at radius 3 is 2.81 bits per heavy atom. The van der Waals surface area contributed by atoms with Crippen molar-refractivity contribution >= 4 is 16.9 Å². The molecule has 26 heavy (non-hydrogen) atoms. The Hall–Kier alpha value is -2.66. The van der Waals surface area contributed by atoms with Crippen LogP contribution in [0, 0.1) is 0 Å². The Kier molecular flexibility index (Phi) is 4.97. The molecule has 2 aromatic carbocycles.